The van der Waals surface area contributed by atoms with E-state index in [1.54, 1.807) is 10.7 Å². The molecular formula is C20H23F4N3O2. The first-order chi connectivity index (χ1) is 13.4. The van der Waals surface area contributed by atoms with Gasteiger partial charge in [-0.25, -0.2) is 4.39 Å². The summed E-state index contributed by atoms with van der Waals surface area (Å²) in [5.41, 5.74) is -1.36. The van der Waals surface area contributed by atoms with Crippen LogP contribution in [0.25, 0.3) is 0 Å². The van der Waals surface area contributed by atoms with Crippen LogP contribution in [0.3, 0.4) is 0 Å². The molecule has 0 bridgehead atoms. The Labute approximate surface area is 165 Å². The van der Waals surface area contributed by atoms with Gasteiger partial charge >= 0.3 is 6.18 Å². The van der Waals surface area contributed by atoms with Crippen molar-refractivity contribution in [3.05, 3.63) is 52.4 Å². The first-order valence-electron chi connectivity index (χ1n) is 9.23. The number of alkyl halides is 3. The number of ether oxygens (including phenoxy) is 1. The zero-order chi connectivity index (χ0) is 21.6. The van der Waals surface area contributed by atoms with Crippen molar-refractivity contribution in [1.29, 1.82) is 0 Å². The molecule has 5 nitrogen and oxygen atoms in total. The predicted octanol–water partition coefficient (Wildman–Crippen LogP) is 3.81. The second kappa shape index (κ2) is 7.44. The molecule has 3 rings (SSSR count). The molecule has 1 aromatic carbocycles. The maximum atomic E-state index is 14.3. The molecule has 1 atom stereocenters. The largest absolute Gasteiger partial charge is 0.419 e. The molecule has 1 aliphatic heterocycles. The minimum absolute atomic E-state index is 0.0317. The van der Waals surface area contributed by atoms with E-state index in [4.69, 9.17) is 4.74 Å². The maximum Gasteiger partial charge on any atom is 0.419 e. The quantitative estimate of drug-likeness (QED) is 0.719. The van der Waals surface area contributed by atoms with Gasteiger partial charge in [0.2, 0.25) is 0 Å². The van der Waals surface area contributed by atoms with Gasteiger partial charge < -0.3 is 4.74 Å². The maximum absolute atomic E-state index is 14.3. The Morgan fingerprint density at radius 3 is 2.45 bits per heavy atom. The lowest BCUT2D eigenvalue weighted by molar-refractivity contribution is -0.140. The Morgan fingerprint density at radius 1 is 1.28 bits per heavy atom. The molecule has 1 aromatic heterocycles. The molecule has 0 spiro atoms. The van der Waals surface area contributed by atoms with Crippen LogP contribution in [-0.2, 0) is 29.9 Å². The van der Waals surface area contributed by atoms with E-state index < -0.39 is 29.0 Å². The summed E-state index contributed by atoms with van der Waals surface area (Å²) in [6.07, 6.45) is -4.07. The topological polar surface area (TPSA) is 48.5 Å². The van der Waals surface area contributed by atoms with Gasteiger partial charge in [-0.2, -0.15) is 18.2 Å². The first kappa shape index (κ1) is 21.3. The Morgan fingerprint density at radius 2 is 1.93 bits per heavy atom. The summed E-state index contributed by atoms with van der Waals surface area (Å²) in [6.45, 7) is 7.06. The lowest BCUT2D eigenvalue weighted by Crippen LogP contribution is -2.37. The Hall–Kier alpha value is -2.42. The molecule has 1 aliphatic rings. The van der Waals surface area contributed by atoms with Gasteiger partial charge in [-0.3, -0.25) is 14.2 Å². The number of amides is 1. The van der Waals surface area contributed by atoms with Crippen LogP contribution < -0.4 is 5.49 Å². The Balaban J connectivity index is 2.09. The smallest absolute Gasteiger partial charge is 0.376 e. The average molecular weight is 413 g/mol. The monoisotopic (exact) mass is 413 g/mol. The molecule has 29 heavy (non-hydrogen) atoms. The number of aromatic nitrogens is 2. The molecule has 0 aliphatic carbocycles. The number of carbonyl (C=O) groups is 1. The number of benzene rings is 1. The third kappa shape index (κ3) is 4.29. The molecule has 1 fully saturated rings. The highest BCUT2D eigenvalue weighted by atomic mass is 19.4. The highest BCUT2D eigenvalue weighted by Gasteiger charge is 2.35. The normalized spacial score (nSPS) is 18.1. The molecule has 9 heteroatoms. The van der Waals surface area contributed by atoms with E-state index in [0.717, 1.165) is 24.2 Å². The fraction of sp³-hybridized carbons (Fsp3) is 0.500. The van der Waals surface area contributed by atoms with Crippen molar-refractivity contribution in [2.24, 2.45) is 12.0 Å². The summed E-state index contributed by atoms with van der Waals surface area (Å²) in [7, 11) is 1.81. The minimum atomic E-state index is -4.89. The second-order valence-corrected chi connectivity index (χ2v) is 8.11. The van der Waals surface area contributed by atoms with Crippen LogP contribution in [0.1, 0.15) is 48.8 Å². The lowest BCUT2D eigenvalue weighted by Gasteiger charge is -2.28. The van der Waals surface area contributed by atoms with E-state index in [-0.39, 0.29) is 17.0 Å². The summed E-state index contributed by atoms with van der Waals surface area (Å²) in [6, 6.07) is 4.29. The van der Waals surface area contributed by atoms with Crippen molar-refractivity contribution in [2.75, 3.05) is 6.61 Å². The van der Waals surface area contributed by atoms with E-state index in [1.165, 1.54) is 0 Å². The lowest BCUT2D eigenvalue weighted by atomic mass is 9.92. The fourth-order valence-corrected chi connectivity index (χ4v) is 3.28. The molecule has 1 amide bonds. The zero-order valence-electron chi connectivity index (χ0n) is 16.7. The van der Waals surface area contributed by atoms with E-state index in [2.05, 4.69) is 4.99 Å². The number of nitrogens with zero attached hydrogens (tertiary/aromatic N) is 3. The van der Waals surface area contributed by atoms with Crippen molar-refractivity contribution in [3.8, 4) is 0 Å². The number of rotatable bonds is 3. The molecule has 158 valence electrons. The SMILES string of the molecule is Cn1c(C(C)(C)C)cc(=NC(=O)c2cccc(C(F)(F)F)c2F)n1CC1CCO1. The van der Waals surface area contributed by atoms with Crippen LogP contribution in [0.15, 0.2) is 29.3 Å². The number of carbonyl (C=O) groups excluding carboxylic acids is 1. The Kier molecular flexibility index (Phi) is 5.46. The van der Waals surface area contributed by atoms with Crippen LogP contribution >= 0.6 is 0 Å². The average Bonchev–Trinajstić information content (AvgIpc) is 2.86. The number of halogens is 4. The van der Waals surface area contributed by atoms with Gasteiger partial charge in [0.15, 0.2) is 5.49 Å². The summed E-state index contributed by atoms with van der Waals surface area (Å²) in [5, 5.41) is 0. The fourth-order valence-electron chi connectivity index (χ4n) is 3.28. The number of hydrogen-bond acceptors (Lipinski definition) is 2. The predicted molar refractivity (Wildman–Crippen MR) is 97.8 cm³/mol. The molecule has 2 aromatic rings. The molecule has 2 heterocycles. The molecule has 1 unspecified atom stereocenters. The highest BCUT2D eigenvalue weighted by Crippen LogP contribution is 2.32. The molecular weight excluding hydrogens is 390 g/mol. The van der Waals surface area contributed by atoms with Crippen molar-refractivity contribution >= 4 is 5.91 Å². The van der Waals surface area contributed by atoms with Gasteiger partial charge in [0, 0.05) is 30.8 Å². The van der Waals surface area contributed by atoms with E-state index in [0.29, 0.717) is 19.2 Å². The van der Waals surface area contributed by atoms with Crippen molar-refractivity contribution in [1.82, 2.24) is 9.36 Å². The third-order valence-corrected chi connectivity index (χ3v) is 4.93. The molecule has 0 N–H and O–H groups in total. The summed E-state index contributed by atoms with van der Waals surface area (Å²) in [4.78, 5) is 16.5. The van der Waals surface area contributed by atoms with E-state index in [1.807, 2.05) is 32.5 Å². The Bertz CT molecular complexity index is 993. The number of hydrogen-bond donors (Lipinski definition) is 0. The third-order valence-electron chi connectivity index (χ3n) is 4.93. The standard InChI is InChI=1S/C20H23F4N3O2/c1-19(2,3)15-10-16(27(26(15)4)11-12-8-9-29-12)25-18(28)13-6-5-7-14(17(13)21)20(22,23)24/h5-7,10,12H,8-9,11H2,1-4H3. The van der Waals surface area contributed by atoms with Crippen molar-refractivity contribution in [3.63, 3.8) is 0 Å². The van der Waals surface area contributed by atoms with Gasteiger partial charge in [-0.1, -0.05) is 26.8 Å². The molecule has 1 saturated heterocycles. The first-order valence-corrected chi connectivity index (χ1v) is 9.23. The van der Waals surface area contributed by atoms with Gasteiger partial charge in [0.25, 0.3) is 5.91 Å². The van der Waals surface area contributed by atoms with Gasteiger partial charge in [-0.05, 0) is 18.6 Å². The second-order valence-electron chi connectivity index (χ2n) is 8.11. The minimum Gasteiger partial charge on any atom is -0.376 e. The van der Waals surface area contributed by atoms with Crippen LogP contribution in [0, 0.1) is 5.82 Å². The van der Waals surface area contributed by atoms with Crippen molar-refractivity contribution < 1.29 is 27.1 Å². The van der Waals surface area contributed by atoms with Gasteiger partial charge in [0.1, 0.15) is 5.82 Å². The van der Waals surface area contributed by atoms with Crippen molar-refractivity contribution in [2.45, 2.75) is 51.4 Å². The summed E-state index contributed by atoms with van der Waals surface area (Å²) < 4.78 is 62.2. The van der Waals surface area contributed by atoms with Gasteiger partial charge in [0.05, 0.1) is 23.8 Å². The van der Waals surface area contributed by atoms with Crippen LogP contribution in [-0.4, -0.2) is 28.0 Å². The zero-order valence-corrected chi connectivity index (χ0v) is 16.7. The highest BCUT2D eigenvalue weighted by molar-refractivity contribution is 5.95. The summed E-state index contributed by atoms with van der Waals surface area (Å²) >= 11 is 0. The van der Waals surface area contributed by atoms with E-state index >= 15 is 0 Å². The van der Waals surface area contributed by atoms with Crippen LogP contribution in [0.2, 0.25) is 0 Å². The molecule has 0 radical (unpaired) electrons. The van der Waals surface area contributed by atoms with Crippen LogP contribution in [0.5, 0.6) is 0 Å². The molecule has 0 saturated carbocycles. The summed E-state index contributed by atoms with van der Waals surface area (Å²) in [5.74, 6) is -2.68. The van der Waals surface area contributed by atoms with E-state index in [9.17, 15) is 22.4 Å². The van der Waals surface area contributed by atoms with Gasteiger partial charge in [-0.15, -0.1) is 0 Å². The van der Waals surface area contributed by atoms with Crippen LogP contribution in [0.4, 0.5) is 17.6 Å².